The van der Waals surface area contributed by atoms with Crippen molar-refractivity contribution in [2.75, 3.05) is 32.8 Å². The second-order valence-electron chi connectivity index (χ2n) is 7.63. The molecule has 2 aromatic carbocycles. The lowest BCUT2D eigenvalue weighted by Gasteiger charge is -2.31. The number of hydrogen-bond acceptors (Lipinski definition) is 7. The van der Waals surface area contributed by atoms with Gasteiger partial charge in [-0.2, -0.15) is 0 Å². The summed E-state index contributed by atoms with van der Waals surface area (Å²) >= 11 is 0. The van der Waals surface area contributed by atoms with Crippen LogP contribution in [0.1, 0.15) is 11.1 Å². The molecule has 32 heavy (non-hydrogen) atoms. The number of aromatic amines is 1. The van der Waals surface area contributed by atoms with Crippen molar-refractivity contribution in [3.8, 4) is 28.6 Å². The minimum absolute atomic E-state index is 0.0738. The van der Waals surface area contributed by atoms with Gasteiger partial charge in [0, 0.05) is 30.6 Å². The van der Waals surface area contributed by atoms with Crippen LogP contribution in [0.15, 0.2) is 52.1 Å². The second-order valence-corrected chi connectivity index (χ2v) is 7.63. The van der Waals surface area contributed by atoms with E-state index in [-0.39, 0.29) is 5.43 Å². The van der Waals surface area contributed by atoms with Gasteiger partial charge in [-0.3, -0.25) is 4.79 Å². The van der Waals surface area contributed by atoms with E-state index in [9.17, 15) is 4.79 Å². The number of anilines is 1. The second kappa shape index (κ2) is 7.96. The number of fused-ring (bicyclic) bond motifs is 2. The smallest absolute Gasteiger partial charge is 0.191 e. The summed E-state index contributed by atoms with van der Waals surface area (Å²) in [5.41, 5.74) is 3.68. The van der Waals surface area contributed by atoms with Crippen molar-refractivity contribution in [1.29, 1.82) is 0 Å². The molecule has 0 aliphatic carbocycles. The monoisotopic (exact) mass is 433 g/mol. The van der Waals surface area contributed by atoms with Crippen LogP contribution in [-0.4, -0.2) is 37.8 Å². The van der Waals surface area contributed by atoms with Crippen molar-refractivity contribution < 1.29 is 18.6 Å². The maximum atomic E-state index is 13.0. The zero-order chi connectivity index (χ0) is 22.2. The number of methoxy groups -OCH3 is 3. The number of nitrogens with one attached hydrogen (secondary N) is 1. The van der Waals surface area contributed by atoms with Gasteiger partial charge in [-0.05, 0) is 35.7 Å². The first-order valence-corrected chi connectivity index (χ1v) is 10.2. The van der Waals surface area contributed by atoms with E-state index < -0.39 is 0 Å². The summed E-state index contributed by atoms with van der Waals surface area (Å²) in [6, 6.07) is 9.28. The largest absolute Gasteiger partial charge is 0.496 e. The molecule has 3 heterocycles. The van der Waals surface area contributed by atoms with Crippen LogP contribution in [0, 0.1) is 0 Å². The SMILES string of the molecule is COc1cc2c(cc1OC)CN(c1cc(=O)c3cc(-c4cnco4)c(OC)cc3[nH]1)CC2. The van der Waals surface area contributed by atoms with Crippen LogP contribution in [0.3, 0.4) is 0 Å². The topological polar surface area (TPSA) is 89.8 Å². The van der Waals surface area contributed by atoms with Gasteiger partial charge in [-0.25, -0.2) is 4.98 Å². The Morgan fingerprint density at radius 3 is 2.41 bits per heavy atom. The minimum atomic E-state index is -0.0738. The molecule has 0 bridgehead atoms. The number of oxazole rings is 1. The van der Waals surface area contributed by atoms with Gasteiger partial charge < -0.3 is 28.5 Å². The van der Waals surface area contributed by atoms with Crippen molar-refractivity contribution in [2.24, 2.45) is 0 Å². The summed E-state index contributed by atoms with van der Waals surface area (Å²) in [7, 11) is 4.86. The number of H-pyrrole nitrogens is 1. The summed E-state index contributed by atoms with van der Waals surface area (Å²) in [5, 5.41) is 0.560. The molecule has 0 saturated carbocycles. The maximum Gasteiger partial charge on any atom is 0.191 e. The van der Waals surface area contributed by atoms with E-state index in [1.54, 1.807) is 39.7 Å². The predicted molar refractivity (Wildman–Crippen MR) is 121 cm³/mol. The molecule has 0 amide bonds. The highest BCUT2D eigenvalue weighted by atomic mass is 16.5. The van der Waals surface area contributed by atoms with E-state index >= 15 is 0 Å². The van der Waals surface area contributed by atoms with Gasteiger partial charge in [0.25, 0.3) is 0 Å². The van der Waals surface area contributed by atoms with Gasteiger partial charge in [0.15, 0.2) is 29.1 Å². The molecule has 5 rings (SSSR count). The number of nitrogens with zero attached hydrogens (tertiary/aromatic N) is 2. The van der Waals surface area contributed by atoms with Crippen molar-refractivity contribution in [1.82, 2.24) is 9.97 Å². The molecular weight excluding hydrogens is 410 g/mol. The lowest BCUT2D eigenvalue weighted by Crippen LogP contribution is -2.31. The Hall–Kier alpha value is -3.94. The van der Waals surface area contributed by atoms with Gasteiger partial charge in [0.2, 0.25) is 0 Å². The van der Waals surface area contributed by atoms with E-state index in [0.717, 1.165) is 30.1 Å². The third kappa shape index (κ3) is 3.33. The van der Waals surface area contributed by atoms with Crippen LogP contribution in [0.25, 0.3) is 22.2 Å². The van der Waals surface area contributed by atoms with E-state index in [1.807, 2.05) is 18.2 Å². The predicted octanol–water partition coefficient (Wildman–Crippen LogP) is 3.77. The third-order valence-electron chi connectivity index (χ3n) is 5.89. The first-order valence-electron chi connectivity index (χ1n) is 10.2. The molecule has 1 N–H and O–H groups in total. The highest BCUT2D eigenvalue weighted by molar-refractivity contribution is 5.88. The van der Waals surface area contributed by atoms with E-state index in [1.165, 1.54) is 12.0 Å². The Labute approximate surface area is 184 Å². The van der Waals surface area contributed by atoms with Crippen molar-refractivity contribution >= 4 is 16.7 Å². The standard InChI is InChI=1S/C24H23N3O5/c1-29-20-9-18-16(8-17(20)23-11-25-13-32-23)19(28)10-24(26-18)27-5-4-14-6-21(30-2)22(31-3)7-15(14)12-27/h6-11,13H,4-5,12H2,1-3H3,(H,26,28). The average Bonchev–Trinajstić information content (AvgIpc) is 3.36. The average molecular weight is 433 g/mol. The normalized spacial score (nSPS) is 13.2. The van der Waals surface area contributed by atoms with Crippen LogP contribution >= 0.6 is 0 Å². The first-order chi connectivity index (χ1) is 15.6. The molecule has 0 spiro atoms. The first kappa shape index (κ1) is 20.0. The highest BCUT2D eigenvalue weighted by Gasteiger charge is 2.21. The lowest BCUT2D eigenvalue weighted by molar-refractivity contribution is 0.353. The molecule has 0 saturated heterocycles. The number of benzene rings is 2. The molecule has 164 valence electrons. The summed E-state index contributed by atoms with van der Waals surface area (Å²) in [5.74, 6) is 3.34. The lowest BCUT2D eigenvalue weighted by atomic mass is 9.98. The summed E-state index contributed by atoms with van der Waals surface area (Å²) in [6.07, 6.45) is 3.79. The summed E-state index contributed by atoms with van der Waals surface area (Å²) in [4.78, 5) is 22.6. The van der Waals surface area contributed by atoms with Gasteiger partial charge in [0.05, 0.1) is 38.6 Å². The molecule has 0 atom stereocenters. The minimum Gasteiger partial charge on any atom is -0.496 e. The summed E-state index contributed by atoms with van der Waals surface area (Å²) < 4.78 is 21.8. The van der Waals surface area contributed by atoms with Crippen molar-refractivity contribution in [3.63, 3.8) is 0 Å². The van der Waals surface area contributed by atoms with Gasteiger partial charge in [-0.15, -0.1) is 0 Å². The van der Waals surface area contributed by atoms with Gasteiger partial charge in [0.1, 0.15) is 11.6 Å². The molecule has 4 aromatic rings. The fraction of sp³-hybridized carbons (Fsp3) is 0.250. The van der Waals surface area contributed by atoms with E-state index in [0.29, 0.717) is 40.3 Å². The zero-order valence-electron chi connectivity index (χ0n) is 18.1. The van der Waals surface area contributed by atoms with Crippen molar-refractivity contribution in [2.45, 2.75) is 13.0 Å². The van der Waals surface area contributed by atoms with Crippen molar-refractivity contribution in [3.05, 3.63) is 64.3 Å². The van der Waals surface area contributed by atoms with Crippen LogP contribution in [0.4, 0.5) is 5.82 Å². The Morgan fingerprint density at radius 1 is 0.969 bits per heavy atom. The fourth-order valence-corrected chi connectivity index (χ4v) is 4.23. The van der Waals surface area contributed by atoms with Crippen LogP contribution in [-0.2, 0) is 13.0 Å². The molecule has 8 nitrogen and oxygen atoms in total. The summed E-state index contributed by atoms with van der Waals surface area (Å²) in [6.45, 7) is 1.43. The Morgan fingerprint density at radius 2 is 1.72 bits per heavy atom. The number of pyridine rings is 1. The Kier molecular flexibility index (Phi) is 4.97. The molecule has 0 fully saturated rings. The zero-order valence-corrected chi connectivity index (χ0v) is 18.1. The maximum absolute atomic E-state index is 13.0. The number of rotatable bonds is 5. The van der Waals surface area contributed by atoms with Gasteiger partial charge >= 0.3 is 0 Å². The molecule has 1 aliphatic heterocycles. The Balaban J connectivity index is 1.54. The number of hydrogen-bond donors (Lipinski definition) is 1. The quantitative estimate of drug-likeness (QED) is 0.512. The number of ether oxygens (including phenoxy) is 3. The van der Waals surface area contributed by atoms with Crippen LogP contribution in [0.5, 0.6) is 17.2 Å². The molecule has 0 radical (unpaired) electrons. The highest BCUT2D eigenvalue weighted by Crippen LogP contribution is 2.35. The van der Waals surface area contributed by atoms with Gasteiger partial charge in [-0.1, -0.05) is 0 Å². The third-order valence-corrected chi connectivity index (χ3v) is 5.89. The van der Waals surface area contributed by atoms with E-state index in [2.05, 4.69) is 14.9 Å². The molecular formula is C24H23N3O5. The number of aromatic nitrogens is 2. The van der Waals surface area contributed by atoms with E-state index in [4.69, 9.17) is 18.6 Å². The molecule has 8 heteroatoms. The molecule has 0 unspecified atom stereocenters. The molecule has 2 aromatic heterocycles. The molecule has 1 aliphatic rings. The van der Waals surface area contributed by atoms with Crippen LogP contribution in [0.2, 0.25) is 0 Å². The van der Waals surface area contributed by atoms with Crippen LogP contribution < -0.4 is 24.5 Å². The Bertz CT molecular complexity index is 1340. The fourth-order valence-electron chi connectivity index (χ4n) is 4.23.